The Morgan fingerprint density at radius 3 is 1.62 bits per heavy atom. The molecule has 69 heavy (non-hydrogen) atoms. The van der Waals surface area contributed by atoms with Gasteiger partial charge in [0.1, 0.15) is 5.76 Å². The zero-order valence-corrected chi connectivity index (χ0v) is 43.2. The Labute approximate surface area is 412 Å². The Morgan fingerprint density at radius 2 is 1.04 bits per heavy atom. The lowest BCUT2D eigenvalue weighted by atomic mass is 9.35. The molecule has 12 rings (SSSR count). The summed E-state index contributed by atoms with van der Waals surface area (Å²) >= 11 is 0. The maximum absolute atomic E-state index is 7.61. The largest absolute Gasteiger partial charge is 0.472 e. The van der Waals surface area contributed by atoms with Crippen molar-refractivity contribution >= 4 is 63.5 Å². The second-order valence-corrected chi connectivity index (χ2v) is 25.1. The number of hydrogen-bond donors (Lipinski definition) is 0. The number of hydrogen-bond acceptors (Lipinski definition) is 3. The minimum Gasteiger partial charge on any atom is -0.472 e. The molecule has 3 aliphatic carbocycles. The van der Waals surface area contributed by atoms with Gasteiger partial charge in [0.25, 0.3) is 6.71 Å². The van der Waals surface area contributed by atoms with Crippen LogP contribution in [0.3, 0.4) is 0 Å². The summed E-state index contributed by atoms with van der Waals surface area (Å²) < 4.78 is 7.61. The summed E-state index contributed by atoms with van der Waals surface area (Å²) in [5, 5.41) is 0. The molecule has 0 saturated carbocycles. The molecule has 1 aromatic heterocycles. The molecule has 6 aromatic carbocycles. The second kappa shape index (κ2) is 15.0. The van der Waals surface area contributed by atoms with E-state index in [9.17, 15) is 0 Å². The predicted molar refractivity (Wildman–Crippen MR) is 295 cm³/mol. The minimum absolute atomic E-state index is 0.0323. The Bertz CT molecular complexity index is 3220. The summed E-state index contributed by atoms with van der Waals surface area (Å²) in [7, 11) is 0. The molecule has 4 heteroatoms. The first kappa shape index (κ1) is 44.2. The molecular formula is C65H69BN2O. The van der Waals surface area contributed by atoms with E-state index < -0.39 is 0 Å². The molecule has 0 radical (unpaired) electrons. The van der Waals surface area contributed by atoms with E-state index in [1.165, 1.54) is 113 Å². The number of allylic oxidation sites excluding steroid dienone is 1. The van der Waals surface area contributed by atoms with E-state index in [1.807, 2.05) is 0 Å². The Hall–Kier alpha value is -6.00. The molecule has 348 valence electrons. The third-order valence-corrected chi connectivity index (χ3v) is 17.5. The molecule has 0 N–H and O–H groups in total. The van der Waals surface area contributed by atoms with E-state index in [0.29, 0.717) is 0 Å². The van der Waals surface area contributed by atoms with Crippen molar-refractivity contribution in [2.75, 3.05) is 9.80 Å². The smallest absolute Gasteiger partial charge is 0.297 e. The lowest BCUT2D eigenvalue weighted by molar-refractivity contribution is 0.332. The van der Waals surface area contributed by atoms with Crippen molar-refractivity contribution in [3.63, 3.8) is 0 Å². The van der Waals surface area contributed by atoms with Crippen LogP contribution in [0.25, 0.3) is 28.3 Å². The van der Waals surface area contributed by atoms with Crippen molar-refractivity contribution in [1.29, 1.82) is 0 Å². The van der Waals surface area contributed by atoms with Gasteiger partial charge in [0, 0.05) is 40.4 Å². The maximum atomic E-state index is 7.61. The molecular weight excluding hydrogens is 836 g/mol. The van der Waals surface area contributed by atoms with Crippen LogP contribution in [-0.4, -0.2) is 6.71 Å². The number of anilines is 6. The zero-order valence-electron chi connectivity index (χ0n) is 43.2. The van der Waals surface area contributed by atoms with Crippen molar-refractivity contribution in [3.8, 4) is 22.3 Å². The molecule has 0 spiro atoms. The third-order valence-electron chi connectivity index (χ3n) is 17.5. The Morgan fingerprint density at radius 1 is 0.507 bits per heavy atom. The van der Waals surface area contributed by atoms with Crippen LogP contribution in [0.15, 0.2) is 131 Å². The van der Waals surface area contributed by atoms with Crippen LogP contribution in [0.2, 0.25) is 0 Å². The number of furan rings is 1. The number of fused-ring (bicyclic) bond motifs is 8. The fourth-order valence-corrected chi connectivity index (χ4v) is 13.1. The van der Waals surface area contributed by atoms with Crippen LogP contribution in [-0.2, 0) is 28.1 Å². The van der Waals surface area contributed by atoms with Crippen molar-refractivity contribution in [2.24, 2.45) is 5.41 Å². The number of benzene rings is 6. The van der Waals surface area contributed by atoms with Gasteiger partial charge in [-0.1, -0.05) is 155 Å². The first-order chi connectivity index (χ1) is 32.7. The average Bonchev–Trinajstić information content (AvgIpc) is 3.70. The van der Waals surface area contributed by atoms with Gasteiger partial charge < -0.3 is 14.2 Å². The SMILES string of the molecule is Cc1cc2c3c(c1)N(c1cc(-c4ccccc4)cc(-c4ccccc4)c1)c1c(oc4c1C=C(C(C)(C)C)CC4)B3c1cc3c(cc1N2c1ccc2c(c1)C(C)(C)CCC2(C)C)C(C)(C)CCC3(C)C. The standard InChI is InChI=1S/C65H69BN2O/c1-40-31-55-58-56(32-40)68(47-34-43(41-19-15-13-16-20-41)33-44(35-47)42-21-17-14-18-22-42)59-48-36-45(61(2,3)4)23-26-57(48)69-60(59)66(58)53-38-51-52(65(11,12)30-29-64(51,9)10)39-54(53)67(55)46-24-25-49-50(37-46)63(7,8)28-27-62(49,5)6/h13-22,24-25,31-39H,23,26-30H2,1-12H3. The van der Waals surface area contributed by atoms with Gasteiger partial charge in [0.05, 0.1) is 11.3 Å². The van der Waals surface area contributed by atoms with Crippen LogP contribution in [0.4, 0.5) is 34.1 Å². The van der Waals surface area contributed by atoms with E-state index in [4.69, 9.17) is 4.42 Å². The lowest BCUT2D eigenvalue weighted by Gasteiger charge is -2.47. The molecule has 5 aliphatic rings. The zero-order chi connectivity index (χ0) is 48.2. The minimum atomic E-state index is -0.102. The fourth-order valence-electron chi connectivity index (χ4n) is 13.1. The molecule has 0 bridgehead atoms. The molecule has 0 unspecified atom stereocenters. The summed E-state index contributed by atoms with van der Waals surface area (Å²) in [5.41, 5.74) is 26.1. The predicted octanol–water partition coefficient (Wildman–Crippen LogP) is 16.1. The summed E-state index contributed by atoms with van der Waals surface area (Å²) in [6.07, 6.45) is 9.09. The van der Waals surface area contributed by atoms with E-state index in [0.717, 1.165) is 42.8 Å². The highest BCUT2D eigenvalue weighted by Crippen LogP contribution is 2.54. The summed E-state index contributed by atoms with van der Waals surface area (Å²) in [4.78, 5) is 5.29. The van der Waals surface area contributed by atoms with Gasteiger partial charge in [-0.3, -0.25) is 0 Å². The van der Waals surface area contributed by atoms with Crippen LogP contribution in [0, 0.1) is 12.3 Å². The van der Waals surface area contributed by atoms with Crippen molar-refractivity contribution < 1.29 is 4.42 Å². The van der Waals surface area contributed by atoms with E-state index in [-0.39, 0.29) is 33.8 Å². The molecule has 0 fully saturated rings. The van der Waals surface area contributed by atoms with Gasteiger partial charge in [-0.15, -0.1) is 0 Å². The highest BCUT2D eigenvalue weighted by atomic mass is 16.3. The van der Waals surface area contributed by atoms with Gasteiger partial charge in [-0.05, 0) is 182 Å². The number of aryl methyl sites for hydroxylation is 2. The number of nitrogens with zero attached hydrogens (tertiary/aromatic N) is 2. The van der Waals surface area contributed by atoms with Crippen LogP contribution >= 0.6 is 0 Å². The van der Waals surface area contributed by atoms with Gasteiger partial charge in [-0.25, -0.2) is 0 Å². The topological polar surface area (TPSA) is 19.6 Å². The van der Waals surface area contributed by atoms with Crippen molar-refractivity contribution in [1.82, 2.24) is 0 Å². The van der Waals surface area contributed by atoms with Crippen LogP contribution in [0.5, 0.6) is 0 Å². The lowest BCUT2D eigenvalue weighted by Crippen LogP contribution is -2.61. The van der Waals surface area contributed by atoms with Crippen LogP contribution in [0.1, 0.15) is 147 Å². The van der Waals surface area contributed by atoms with E-state index >= 15 is 0 Å². The van der Waals surface area contributed by atoms with Gasteiger partial charge in [0.15, 0.2) is 0 Å². The maximum Gasteiger partial charge on any atom is 0.297 e. The molecule has 0 amide bonds. The summed E-state index contributed by atoms with van der Waals surface area (Å²) in [5.74, 6) is 1.11. The molecule has 0 saturated heterocycles. The molecule has 3 nitrogen and oxygen atoms in total. The monoisotopic (exact) mass is 905 g/mol. The first-order valence-electron chi connectivity index (χ1n) is 25.9. The highest BCUT2D eigenvalue weighted by Gasteiger charge is 2.50. The summed E-state index contributed by atoms with van der Waals surface area (Å²) in [6.45, 7) is 29.0. The van der Waals surface area contributed by atoms with Gasteiger partial charge >= 0.3 is 0 Å². The molecule has 3 heterocycles. The van der Waals surface area contributed by atoms with Crippen molar-refractivity contribution in [2.45, 2.75) is 143 Å². The Balaban J connectivity index is 1.20. The van der Waals surface area contributed by atoms with E-state index in [2.05, 4.69) is 220 Å². The molecule has 0 atom stereocenters. The number of rotatable bonds is 4. The Kier molecular flexibility index (Phi) is 9.62. The quantitative estimate of drug-likeness (QED) is 0.164. The summed E-state index contributed by atoms with van der Waals surface area (Å²) in [6, 6.07) is 46.9. The highest BCUT2D eigenvalue weighted by molar-refractivity contribution is 6.99. The molecule has 2 aliphatic heterocycles. The fraction of sp³-hybridized carbons (Fsp3) is 0.354. The second-order valence-electron chi connectivity index (χ2n) is 25.1. The third kappa shape index (κ3) is 6.89. The van der Waals surface area contributed by atoms with Gasteiger partial charge in [-0.2, -0.15) is 0 Å². The van der Waals surface area contributed by atoms with Crippen LogP contribution < -0.4 is 26.4 Å². The normalized spacial score (nSPS) is 18.8. The van der Waals surface area contributed by atoms with E-state index in [1.54, 1.807) is 0 Å². The van der Waals surface area contributed by atoms with Crippen molar-refractivity contribution in [3.05, 3.63) is 166 Å². The molecule has 7 aromatic rings. The average molecular weight is 905 g/mol. The van der Waals surface area contributed by atoms with Gasteiger partial charge in [0.2, 0.25) is 0 Å². The first-order valence-corrected chi connectivity index (χ1v) is 25.9.